The lowest BCUT2D eigenvalue weighted by Gasteiger charge is -2.46. The summed E-state index contributed by atoms with van der Waals surface area (Å²) < 4.78 is 11.5. The fourth-order valence-electron chi connectivity index (χ4n) is 4.13. The van der Waals surface area contributed by atoms with E-state index in [-0.39, 0.29) is 21.7 Å². The van der Waals surface area contributed by atoms with Gasteiger partial charge in [0.15, 0.2) is 12.1 Å². The van der Waals surface area contributed by atoms with Crippen LogP contribution in [0.3, 0.4) is 0 Å². The van der Waals surface area contributed by atoms with Gasteiger partial charge in [0.25, 0.3) is 0 Å². The van der Waals surface area contributed by atoms with Gasteiger partial charge in [-0.1, -0.05) is 11.6 Å². The highest BCUT2D eigenvalue weighted by atomic mass is 32.2. The molecule has 5 heteroatoms. The fourth-order valence-corrected chi connectivity index (χ4v) is 7.26. The molecule has 2 aliphatic carbocycles. The summed E-state index contributed by atoms with van der Waals surface area (Å²) in [4.78, 5) is 13.1. The van der Waals surface area contributed by atoms with Gasteiger partial charge < -0.3 is 9.47 Å². The minimum Gasteiger partial charge on any atom is -0.349 e. The van der Waals surface area contributed by atoms with Crippen LogP contribution in [0.15, 0.2) is 11.6 Å². The number of thioether (sulfide) groups is 2. The predicted molar refractivity (Wildman–Crippen MR) is 86.5 cm³/mol. The average Bonchev–Trinajstić information content (AvgIpc) is 3.14. The Balaban J connectivity index is 1.61. The molecule has 2 atom stereocenters. The highest BCUT2D eigenvalue weighted by molar-refractivity contribution is 8.21. The van der Waals surface area contributed by atoms with E-state index >= 15 is 0 Å². The summed E-state index contributed by atoms with van der Waals surface area (Å²) in [6.07, 6.45) is 6.18. The van der Waals surface area contributed by atoms with E-state index in [1.807, 2.05) is 0 Å². The molecular formula is C16H22O3S2. The van der Waals surface area contributed by atoms with Gasteiger partial charge in [0.1, 0.15) is 0 Å². The molecule has 0 bridgehead atoms. The number of allylic oxidation sites excluding steroid dienone is 1. The van der Waals surface area contributed by atoms with Crippen molar-refractivity contribution in [1.82, 2.24) is 0 Å². The van der Waals surface area contributed by atoms with E-state index in [1.165, 1.54) is 17.1 Å². The van der Waals surface area contributed by atoms with Crippen LogP contribution in [-0.2, 0) is 14.3 Å². The third-order valence-electron chi connectivity index (χ3n) is 5.43. The average molecular weight is 326 g/mol. The molecule has 2 saturated heterocycles. The Morgan fingerprint density at radius 1 is 1.19 bits per heavy atom. The lowest BCUT2D eigenvalue weighted by molar-refractivity contribution is -0.150. The number of ether oxygens (including phenoxy) is 2. The largest absolute Gasteiger partial charge is 0.349 e. The molecule has 4 aliphatic rings. The van der Waals surface area contributed by atoms with Crippen molar-refractivity contribution in [3.63, 3.8) is 0 Å². The van der Waals surface area contributed by atoms with E-state index in [1.54, 1.807) is 0 Å². The van der Waals surface area contributed by atoms with E-state index in [4.69, 9.17) is 9.47 Å². The maximum Gasteiger partial charge on any atom is 0.167 e. The smallest absolute Gasteiger partial charge is 0.167 e. The Bertz CT molecular complexity index is 478. The number of hydrogen-bond acceptors (Lipinski definition) is 5. The monoisotopic (exact) mass is 326 g/mol. The number of Topliss-reactive ketones (excluding diaryl/α,β-unsaturated/α-hetero) is 1. The molecule has 21 heavy (non-hydrogen) atoms. The molecule has 0 aromatic carbocycles. The van der Waals surface area contributed by atoms with Gasteiger partial charge in [0.2, 0.25) is 0 Å². The van der Waals surface area contributed by atoms with Gasteiger partial charge in [-0.05, 0) is 32.6 Å². The predicted octanol–water partition coefficient (Wildman–Crippen LogP) is 3.24. The molecule has 4 rings (SSSR count). The minimum absolute atomic E-state index is 0.0624. The molecule has 0 N–H and O–H groups in total. The summed E-state index contributed by atoms with van der Waals surface area (Å²) in [6, 6.07) is 0. The van der Waals surface area contributed by atoms with Crippen molar-refractivity contribution in [1.29, 1.82) is 0 Å². The minimum atomic E-state index is -0.290. The number of fused-ring (bicyclic) bond motifs is 1. The highest BCUT2D eigenvalue weighted by Crippen LogP contribution is 2.58. The third kappa shape index (κ3) is 2.32. The summed E-state index contributed by atoms with van der Waals surface area (Å²) in [6.45, 7) is 3.41. The van der Waals surface area contributed by atoms with Crippen molar-refractivity contribution in [2.24, 2.45) is 11.3 Å². The van der Waals surface area contributed by atoms with Gasteiger partial charge in [-0.2, -0.15) is 0 Å². The first-order chi connectivity index (χ1) is 10.1. The summed E-state index contributed by atoms with van der Waals surface area (Å²) in [5, 5.41) is 0. The Morgan fingerprint density at radius 2 is 1.90 bits per heavy atom. The third-order valence-corrected chi connectivity index (χ3v) is 8.84. The molecule has 0 unspecified atom stereocenters. The van der Waals surface area contributed by atoms with E-state index in [9.17, 15) is 4.79 Å². The zero-order valence-corrected chi connectivity index (χ0v) is 14.1. The molecule has 2 heterocycles. The van der Waals surface area contributed by atoms with E-state index in [0.717, 1.165) is 25.7 Å². The number of carbonyl (C=O) groups excluding carboxylic acids is 1. The van der Waals surface area contributed by atoms with Crippen LogP contribution in [0.1, 0.15) is 32.6 Å². The summed E-state index contributed by atoms with van der Waals surface area (Å²) in [5.41, 5.74) is 1.11. The molecule has 0 amide bonds. The van der Waals surface area contributed by atoms with E-state index in [0.29, 0.717) is 19.0 Å². The van der Waals surface area contributed by atoms with Crippen molar-refractivity contribution < 1.29 is 14.3 Å². The van der Waals surface area contributed by atoms with Crippen molar-refractivity contribution in [3.05, 3.63) is 11.6 Å². The van der Waals surface area contributed by atoms with Gasteiger partial charge in [-0.3, -0.25) is 4.79 Å². The van der Waals surface area contributed by atoms with Crippen molar-refractivity contribution in [2.75, 3.05) is 24.7 Å². The number of hydrogen-bond donors (Lipinski definition) is 0. The lowest BCUT2D eigenvalue weighted by atomic mass is 9.62. The molecule has 1 spiro atoms. The molecule has 3 nitrogen and oxygen atoms in total. The molecule has 2 aliphatic heterocycles. The maximum absolute atomic E-state index is 13.1. The first-order valence-corrected chi connectivity index (χ1v) is 9.88. The Kier molecular flexibility index (Phi) is 3.68. The molecule has 0 radical (unpaired) electrons. The number of carbonyl (C=O) groups is 1. The summed E-state index contributed by atoms with van der Waals surface area (Å²) in [5.74, 6) is 2.78. The zero-order valence-electron chi connectivity index (χ0n) is 12.4. The number of ketones is 1. The first kappa shape index (κ1) is 14.6. The fraction of sp³-hybridized carbons (Fsp3) is 0.812. The standard InChI is InChI=1S/C16H22O3S2/c1-15-4-5-16(20-8-9-21-16)10-11(15)2-3-12(13(15)17)14-18-6-7-19-14/h10,12,14H,2-9H2,1H3/t12-,15-/m0/s1. The SMILES string of the molecule is C[C@]12CCC3(C=C1CC[C@H](C1OCCO1)C2=O)SCCS3. The molecule has 0 aromatic heterocycles. The number of rotatable bonds is 1. The van der Waals surface area contributed by atoms with Crippen LogP contribution in [0.25, 0.3) is 0 Å². The van der Waals surface area contributed by atoms with Crippen LogP contribution < -0.4 is 0 Å². The molecule has 116 valence electrons. The quantitative estimate of drug-likeness (QED) is 0.691. The maximum atomic E-state index is 13.1. The summed E-state index contributed by atoms with van der Waals surface area (Å²) in [7, 11) is 0. The zero-order chi connectivity index (χ0) is 14.5. The molecule has 3 fully saturated rings. The van der Waals surface area contributed by atoms with Gasteiger partial charge in [0, 0.05) is 16.9 Å². The van der Waals surface area contributed by atoms with Crippen LogP contribution in [0, 0.1) is 11.3 Å². The van der Waals surface area contributed by atoms with Crippen LogP contribution in [0.2, 0.25) is 0 Å². The Morgan fingerprint density at radius 3 is 2.62 bits per heavy atom. The second-order valence-electron chi connectivity index (χ2n) is 6.63. The van der Waals surface area contributed by atoms with Gasteiger partial charge >= 0.3 is 0 Å². The topological polar surface area (TPSA) is 35.5 Å². The Hall–Kier alpha value is 0.0300. The van der Waals surface area contributed by atoms with Crippen LogP contribution in [0.4, 0.5) is 0 Å². The van der Waals surface area contributed by atoms with Gasteiger partial charge in [-0.15, -0.1) is 23.5 Å². The van der Waals surface area contributed by atoms with Gasteiger partial charge in [0.05, 0.1) is 23.2 Å². The molecular weight excluding hydrogens is 304 g/mol. The summed E-state index contributed by atoms with van der Waals surface area (Å²) >= 11 is 4.15. The van der Waals surface area contributed by atoms with E-state index in [2.05, 4.69) is 36.5 Å². The van der Waals surface area contributed by atoms with Crippen molar-refractivity contribution in [2.45, 2.75) is 43.0 Å². The highest BCUT2D eigenvalue weighted by Gasteiger charge is 2.52. The van der Waals surface area contributed by atoms with Crippen molar-refractivity contribution in [3.8, 4) is 0 Å². The Labute approximate surface area is 134 Å². The van der Waals surface area contributed by atoms with E-state index < -0.39 is 0 Å². The molecule has 1 saturated carbocycles. The second-order valence-corrected chi connectivity index (χ2v) is 9.74. The first-order valence-electron chi connectivity index (χ1n) is 7.91. The molecule has 0 aromatic rings. The van der Waals surface area contributed by atoms with Crippen LogP contribution >= 0.6 is 23.5 Å². The van der Waals surface area contributed by atoms with Crippen molar-refractivity contribution >= 4 is 29.3 Å². The van der Waals surface area contributed by atoms with Crippen LogP contribution in [0.5, 0.6) is 0 Å². The normalized spacial score (nSPS) is 39.6. The lowest BCUT2D eigenvalue weighted by Crippen LogP contribution is -2.47. The van der Waals surface area contributed by atoms with Crippen LogP contribution in [-0.4, -0.2) is 40.9 Å². The second kappa shape index (κ2) is 5.29. The van der Waals surface area contributed by atoms with Gasteiger partial charge in [-0.25, -0.2) is 0 Å².